The number of para-hydroxylation sites is 2. The summed E-state index contributed by atoms with van der Waals surface area (Å²) in [5, 5.41) is 8.50. The van der Waals surface area contributed by atoms with E-state index in [4.69, 9.17) is 16.2 Å². The molecular weight excluding hydrogens is 318 g/mol. The highest BCUT2D eigenvalue weighted by Gasteiger charge is 2.16. The molecule has 0 unspecified atom stereocenters. The predicted molar refractivity (Wildman–Crippen MR) is 97.8 cm³/mol. The fourth-order valence-corrected chi connectivity index (χ4v) is 2.44. The van der Waals surface area contributed by atoms with Crippen molar-refractivity contribution in [3.8, 4) is 5.75 Å². The standard InChI is InChI=1S/C18H17N5O2/c1-12(21-22-17(19)20)15-11-23(16-10-6-5-9-14(15)16)18(24)25-13-7-3-2-4-8-13/h2-11H,1H3,(H4,19,20,22). The van der Waals surface area contributed by atoms with Gasteiger partial charge in [-0.05, 0) is 25.1 Å². The van der Waals surface area contributed by atoms with Gasteiger partial charge in [-0.3, -0.25) is 4.57 Å². The van der Waals surface area contributed by atoms with E-state index >= 15 is 0 Å². The molecule has 2 aromatic carbocycles. The van der Waals surface area contributed by atoms with E-state index in [1.54, 1.807) is 37.4 Å². The van der Waals surface area contributed by atoms with E-state index in [2.05, 4.69) is 10.2 Å². The van der Waals surface area contributed by atoms with Crippen molar-refractivity contribution >= 4 is 28.7 Å². The first-order valence-corrected chi connectivity index (χ1v) is 7.57. The van der Waals surface area contributed by atoms with Crippen LogP contribution in [0.25, 0.3) is 10.9 Å². The largest absolute Gasteiger partial charge is 0.423 e. The maximum Gasteiger partial charge on any atom is 0.423 e. The summed E-state index contributed by atoms with van der Waals surface area (Å²) in [6, 6.07) is 16.3. The number of nitrogens with two attached hydrogens (primary N) is 2. The minimum atomic E-state index is -0.511. The van der Waals surface area contributed by atoms with Gasteiger partial charge in [-0.2, -0.15) is 5.10 Å². The molecule has 0 atom stereocenters. The Morgan fingerprint density at radius 3 is 2.40 bits per heavy atom. The Morgan fingerprint density at radius 2 is 1.68 bits per heavy atom. The molecule has 7 heteroatoms. The Bertz CT molecular complexity index is 970. The van der Waals surface area contributed by atoms with E-state index in [0.717, 1.165) is 10.9 Å². The van der Waals surface area contributed by atoms with Gasteiger partial charge in [0.25, 0.3) is 0 Å². The summed E-state index contributed by atoms with van der Waals surface area (Å²) in [7, 11) is 0. The molecule has 3 aromatic rings. The molecule has 0 bridgehead atoms. The van der Waals surface area contributed by atoms with Crippen LogP contribution in [0.5, 0.6) is 5.75 Å². The fraction of sp³-hybridized carbons (Fsp3) is 0.0556. The topological polar surface area (TPSA) is 108 Å². The SMILES string of the molecule is CC(=NN=C(N)N)c1cn(C(=O)Oc2ccccc2)c2ccccc12. The van der Waals surface area contributed by atoms with E-state index in [1.807, 2.05) is 30.3 Å². The molecule has 0 saturated carbocycles. The number of carbonyl (C=O) groups is 1. The lowest BCUT2D eigenvalue weighted by molar-refractivity contribution is 0.203. The number of hydrogen-bond acceptors (Lipinski definition) is 4. The molecule has 1 aromatic heterocycles. The number of nitrogens with zero attached hydrogens (tertiary/aromatic N) is 3. The first kappa shape index (κ1) is 16.3. The van der Waals surface area contributed by atoms with Crippen LogP contribution >= 0.6 is 0 Å². The summed E-state index contributed by atoms with van der Waals surface area (Å²) >= 11 is 0. The molecule has 7 nitrogen and oxygen atoms in total. The van der Waals surface area contributed by atoms with Gasteiger partial charge in [0.1, 0.15) is 5.75 Å². The second-order valence-corrected chi connectivity index (χ2v) is 5.32. The van der Waals surface area contributed by atoms with Crippen molar-refractivity contribution in [1.82, 2.24) is 4.57 Å². The smallest absolute Gasteiger partial charge is 0.410 e. The van der Waals surface area contributed by atoms with Crippen molar-refractivity contribution in [3.63, 3.8) is 0 Å². The van der Waals surface area contributed by atoms with Crippen LogP contribution in [0.3, 0.4) is 0 Å². The summed E-state index contributed by atoms with van der Waals surface area (Å²) < 4.78 is 6.85. The molecule has 0 spiro atoms. The number of hydrogen-bond donors (Lipinski definition) is 2. The van der Waals surface area contributed by atoms with Gasteiger partial charge >= 0.3 is 6.09 Å². The van der Waals surface area contributed by atoms with Crippen LogP contribution in [0.4, 0.5) is 4.79 Å². The Morgan fingerprint density at radius 1 is 1.00 bits per heavy atom. The maximum atomic E-state index is 12.6. The van der Waals surface area contributed by atoms with Crippen LogP contribution in [0.1, 0.15) is 12.5 Å². The zero-order chi connectivity index (χ0) is 17.8. The third-order valence-electron chi connectivity index (χ3n) is 3.56. The highest BCUT2D eigenvalue weighted by atomic mass is 16.6. The molecule has 0 aliphatic carbocycles. The molecule has 3 rings (SSSR count). The molecule has 4 N–H and O–H groups in total. The summed E-state index contributed by atoms with van der Waals surface area (Å²) in [6.45, 7) is 1.76. The van der Waals surface area contributed by atoms with E-state index in [1.165, 1.54) is 4.57 Å². The first-order valence-electron chi connectivity index (χ1n) is 7.57. The zero-order valence-corrected chi connectivity index (χ0v) is 13.6. The van der Waals surface area contributed by atoms with Crippen molar-refractivity contribution in [3.05, 3.63) is 66.4 Å². The monoisotopic (exact) mass is 335 g/mol. The normalized spacial score (nSPS) is 11.3. The van der Waals surface area contributed by atoms with Gasteiger partial charge in [-0.15, -0.1) is 5.10 Å². The average molecular weight is 335 g/mol. The molecule has 0 radical (unpaired) electrons. The molecule has 0 saturated heterocycles. The fourth-order valence-electron chi connectivity index (χ4n) is 2.44. The van der Waals surface area contributed by atoms with E-state index in [-0.39, 0.29) is 5.96 Å². The summed E-state index contributed by atoms with van der Waals surface area (Å²) in [6.07, 6.45) is 1.15. The van der Waals surface area contributed by atoms with E-state index in [9.17, 15) is 4.79 Å². The second-order valence-electron chi connectivity index (χ2n) is 5.32. The molecule has 0 aliphatic heterocycles. The second kappa shape index (κ2) is 6.88. The van der Waals surface area contributed by atoms with Crippen LogP contribution < -0.4 is 16.2 Å². The number of guanidine groups is 1. The number of aromatic nitrogens is 1. The summed E-state index contributed by atoms with van der Waals surface area (Å²) in [5.74, 6) is 0.337. The Kier molecular flexibility index (Phi) is 4.47. The molecule has 25 heavy (non-hydrogen) atoms. The quantitative estimate of drug-likeness (QED) is 0.436. The molecule has 126 valence electrons. The van der Waals surface area contributed by atoms with Gasteiger partial charge in [-0.25, -0.2) is 4.79 Å². The van der Waals surface area contributed by atoms with Gasteiger partial charge in [0.2, 0.25) is 5.96 Å². The minimum absolute atomic E-state index is 0.133. The van der Waals surface area contributed by atoms with E-state index in [0.29, 0.717) is 17.0 Å². The summed E-state index contributed by atoms with van der Waals surface area (Å²) in [4.78, 5) is 12.6. The van der Waals surface area contributed by atoms with Crippen molar-refractivity contribution in [1.29, 1.82) is 0 Å². The Balaban J connectivity index is 2.03. The third kappa shape index (κ3) is 3.50. The number of benzene rings is 2. The number of ether oxygens (including phenoxy) is 1. The lowest BCUT2D eigenvalue weighted by atomic mass is 10.1. The predicted octanol–water partition coefficient (Wildman–Crippen LogP) is 2.69. The van der Waals surface area contributed by atoms with Crippen LogP contribution in [-0.2, 0) is 0 Å². The number of fused-ring (bicyclic) bond motifs is 1. The number of rotatable bonds is 3. The zero-order valence-electron chi connectivity index (χ0n) is 13.6. The first-order chi connectivity index (χ1) is 12.1. The van der Waals surface area contributed by atoms with Crippen molar-refractivity contribution in [2.75, 3.05) is 0 Å². The van der Waals surface area contributed by atoms with Crippen LogP contribution in [-0.4, -0.2) is 22.3 Å². The van der Waals surface area contributed by atoms with Gasteiger partial charge in [0.05, 0.1) is 11.2 Å². The third-order valence-corrected chi connectivity index (χ3v) is 3.56. The maximum absolute atomic E-state index is 12.6. The van der Waals surface area contributed by atoms with Crippen LogP contribution in [0.2, 0.25) is 0 Å². The molecule has 0 aliphatic rings. The lowest BCUT2D eigenvalue weighted by Gasteiger charge is -2.05. The van der Waals surface area contributed by atoms with Gasteiger partial charge in [0, 0.05) is 17.1 Å². The Labute approximate surface area is 144 Å². The number of carbonyl (C=O) groups excluding carboxylic acids is 1. The Hall–Kier alpha value is -3.61. The van der Waals surface area contributed by atoms with E-state index < -0.39 is 6.09 Å². The van der Waals surface area contributed by atoms with Crippen molar-refractivity contribution in [2.24, 2.45) is 21.7 Å². The highest BCUT2D eigenvalue weighted by molar-refractivity contribution is 6.11. The minimum Gasteiger partial charge on any atom is -0.410 e. The highest BCUT2D eigenvalue weighted by Crippen LogP contribution is 2.23. The molecule has 0 amide bonds. The van der Waals surface area contributed by atoms with Crippen molar-refractivity contribution < 1.29 is 9.53 Å². The van der Waals surface area contributed by atoms with Gasteiger partial charge < -0.3 is 16.2 Å². The molecule has 0 fully saturated rings. The average Bonchev–Trinajstić information content (AvgIpc) is 3.00. The molecule has 1 heterocycles. The lowest BCUT2D eigenvalue weighted by Crippen LogP contribution is -2.22. The van der Waals surface area contributed by atoms with Crippen LogP contribution in [0.15, 0.2) is 71.0 Å². The van der Waals surface area contributed by atoms with Crippen LogP contribution in [0, 0.1) is 0 Å². The summed E-state index contributed by atoms with van der Waals surface area (Å²) in [5.41, 5.74) is 12.7. The molecular formula is C18H17N5O2. The van der Waals surface area contributed by atoms with Gasteiger partial charge in [0.15, 0.2) is 0 Å². The van der Waals surface area contributed by atoms with Crippen molar-refractivity contribution in [2.45, 2.75) is 6.92 Å². The van der Waals surface area contributed by atoms with Gasteiger partial charge in [-0.1, -0.05) is 36.4 Å².